The van der Waals surface area contributed by atoms with Gasteiger partial charge < -0.3 is 28.4 Å². The highest BCUT2D eigenvalue weighted by Crippen LogP contribution is 2.44. The summed E-state index contributed by atoms with van der Waals surface area (Å²) < 4.78 is 37.9. The first kappa shape index (κ1) is 23.8. The van der Waals surface area contributed by atoms with E-state index in [0.29, 0.717) is 5.04 Å². The van der Waals surface area contributed by atoms with Gasteiger partial charge in [-0.15, -0.1) is 0 Å². The molecule has 1 fully saturated rings. The third-order valence-corrected chi connectivity index (χ3v) is 6.67. The number of ether oxygens (including phenoxy) is 4. The molecule has 11 nitrogen and oxygen atoms in total. The van der Waals surface area contributed by atoms with Crippen LogP contribution in [0, 0.1) is 0 Å². The summed E-state index contributed by atoms with van der Waals surface area (Å²) in [7, 11) is -2.57. The van der Waals surface area contributed by atoms with Crippen LogP contribution in [0.3, 0.4) is 0 Å². The van der Waals surface area contributed by atoms with Crippen molar-refractivity contribution in [2.45, 2.75) is 57.0 Å². The largest absolute Gasteiger partial charge is 0.463 e. The number of hydrogen-bond acceptors (Lipinski definition) is 11. The Morgan fingerprint density at radius 3 is 2.31 bits per heavy atom. The summed E-state index contributed by atoms with van der Waals surface area (Å²) in [5.41, 5.74) is -0.609. The van der Waals surface area contributed by atoms with Crippen LogP contribution in [0.1, 0.15) is 27.2 Å². The zero-order valence-electron chi connectivity index (χ0n) is 16.4. The minimum Gasteiger partial charge on any atom is -0.463 e. The Kier molecular flexibility index (Phi) is 8.24. The van der Waals surface area contributed by atoms with Crippen LogP contribution in [0.5, 0.6) is 0 Å². The van der Waals surface area contributed by atoms with E-state index in [0.717, 1.165) is 7.11 Å². The lowest BCUT2D eigenvalue weighted by Gasteiger charge is -2.41. The van der Waals surface area contributed by atoms with Crippen LogP contribution in [0.4, 0.5) is 0 Å². The van der Waals surface area contributed by atoms with E-state index in [1.54, 1.807) is 0 Å². The number of carbonyl (C=O) groups excluding carboxylic acids is 3. The van der Waals surface area contributed by atoms with Crippen LogP contribution < -0.4 is 0 Å². The molecule has 0 aromatic rings. The summed E-state index contributed by atoms with van der Waals surface area (Å²) in [6, 6.07) is -0.697. The van der Waals surface area contributed by atoms with E-state index in [4.69, 9.17) is 18.9 Å². The number of carbonyl (C=O) groups is 3. The maximum Gasteiger partial charge on any atom is 0.328 e. The lowest BCUT2D eigenvalue weighted by Crippen LogP contribution is -2.59. The third kappa shape index (κ3) is 6.78. The van der Waals surface area contributed by atoms with E-state index in [1.807, 2.05) is 0 Å². The molecule has 0 aliphatic carbocycles. The average Bonchev–Trinajstić information content (AvgIpc) is 3.02. The fourth-order valence-corrected chi connectivity index (χ4v) is 4.95. The molecule has 0 radical (unpaired) electrons. The maximum absolute atomic E-state index is 11.7. The van der Waals surface area contributed by atoms with Gasteiger partial charge in [0.1, 0.15) is 24.2 Å². The van der Waals surface area contributed by atoms with Gasteiger partial charge in [-0.2, -0.15) is 0 Å². The molecule has 6 atom stereocenters. The quantitative estimate of drug-likeness (QED) is 0.317. The first-order valence-electron chi connectivity index (χ1n) is 8.76. The van der Waals surface area contributed by atoms with Gasteiger partial charge in [0.2, 0.25) is 0 Å². The standard InChI is InChI=1S/C16H24NO10PS/c1-8(18)24-7-11-14(25-9(2)19)15(26-10(3)20)13-16(27-11)29-12(17-13)5-6-28(21,22)23-4/h11,13-16H,5-7H2,1-4H3,(H,21,22)/t11-,13-,14-,15-,16?/m1/s1. The number of rotatable bonds is 8. The van der Waals surface area contributed by atoms with E-state index < -0.39 is 55.3 Å². The number of hydrogen-bond donors (Lipinski definition) is 1. The minimum atomic E-state index is -3.72. The van der Waals surface area contributed by atoms with Crippen molar-refractivity contribution in [1.29, 1.82) is 0 Å². The van der Waals surface area contributed by atoms with Crippen LogP contribution in [0.2, 0.25) is 0 Å². The first-order chi connectivity index (χ1) is 13.5. The van der Waals surface area contributed by atoms with Crippen LogP contribution in [-0.2, 0) is 42.4 Å². The van der Waals surface area contributed by atoms with Crippen LogP contribution in [0.25, 0.3) is 0 Å². The highest BCUT2D eigenvalue weighted by molar-refractivity contribution is 8.14. The van der Waals surface area contributed by atoms with Gasteiger partial charge in [-0.3, -0.25) is 23.9 Å². The molecule has 1 saturated heterocycles. The zero-order valence-corrected chi connectivity index (χ0v) is 18.1. The molecule has 13 heteroatoms. The molecule has 2 aliphatic rings. The minimum absolute atomic E-state index is 0.142. The second-order valence-electron chi connectivity index (χ2n) is 6.42. The van der Waals surface area contributed by atoms with Gasteiger partial charge >= 0.3 is 25.5 Å². The molecular weight excluding hydrogens is 429 g/mol. The topological polar surface area (TPSA) is 147 Å². The smallest absolute Gasteiger partial charge is 0.328 e. The second-order valence-corrected chi connectivity index (χ2v) is 9.68. The number of aliphatic imine (C=N–C) groups is 1. The van der Waals surface area contributed by atoms with Crippen LogP contribution in [0.15, 0.2) is 4.99 Å². The number of esters is 3. The molecule has 0 aromatic carbocycles. The third-order valence-electron chi connectivity index (χ3n) is 4.11. The molecule has 1 N–H and O–H groups in total. The number of nitrogens with zero attached hydrogens (tertiary/aromatic N) is 1. The van der Waals surface area contributed by atoms with Crippen molar-refractivity contribution in [1.82, 2.24) is 0 Å². The van der Waals surface area contributed by atoms with Gasteiger partial charge in [-0.25, -0.2) is 0 Å². The lowest BCUT2D eigenvalue weighted by molar-refractivity contribution is -0.208. The van der Waals surface area contributed by atoms with Crippen molar-refractivity contribution in [3.63, 3.8) is 0 Å². The SMILES string of the molecule is COP(=O)(O)CCC1=N[C@H]2C(O[C@H](COC(C)=O)[C@@H](OC(C)=O)[C@@H]2OC(C)=O)S1. The summed E-state index contributed by atoms with van der Waals surface area (Å²) in [5, 5.41) is 0.512. The monoisotopic (exact) mass is 453 g/mol. The van der Waals surface area contributed by atoms with E-state index >= 15 is 0 Å². The molecule has 0 spiro atoms. The summed E-state index contributed by atoms with van der Waals surface area (Å²) in [4.78, 5) is 48.5. The van der Waals surface area contributed by atoms with E-state index in [2.05, 4.69) is 9.52 Å². The van der Waals surface area contributed by atoms with Crippen LogP contribution in [-0.4, -0.2) is 77.5 Å². The fraction of sp³-hybridized carbons (Fsp3) is 0.750. The van der Waals surface area contributed by atoms with Crippen molar-refractivity contribution in [3.8, 4) is 0 Å². The fourth-order valence-electron chi connectivity index (χ4n) is 2.90. The molecule has 2 heterocycles. The number of thioether (sulfide) groups is 1. The van der Waals surface area contributed by atoms with E-state index in [9.17, 15) is 23.8 Å². The lowest BCUT2D eigenvalue weighted by atomic mass is 9.98. The van der Waals surface area contributed by atoms with Crippen molar-refractivity contribution in [2.75, 3.05) is 19.9 Å². The normalized spacial score (nSPS) is 30.5. The zero-order chi connectivity index (χ0) is 21.8. The molecule has 29 heavy (non-hydrogen) atoms. The predicted octanol–water partition coefficient (Wildman–Crippen LogP) is 0.874. The van der Waals surface area contributed by atoms with Gasteiger partial charge in [0.15, 0.2) is 12.2 Å². The van der Waals surface area contributed by atoms with Gasteiger partial charge in [0, 0.05) is 34.3 Å². The molecule has 0 aromatic heterocycles. The molecule has 164 valence electrons. The van der Waals surface area contributed by atoms with Gasteiger partial charge in [-0.1, -0.05) is 11.8 Å². The molecule has 2 aliphatic heterocycles. The Balaban J connectivity index is 2.24. The molecule has 0 amide bonds. The van der Waals surface area contributed by atoms with E-state index in [1.165, 1.54) is 32.5 Å². The second kappa shape index (κ2) is 10.0. The Labute approximate surface area is 172 Å². The average molecular weight is 453 g/mol. The summed E-state index contributed by atoms with van der Waals surface area (Å²) in [6.45, 7) is 3.43. The Bertz CT molecular complexity index is 728. The van der Waals surface area contributed by atoms with Crippen molar-refractivity contribution in [3.05, 3.63) is 0 Å². The summed E-state index contributed by atoms with van der Waals surface area (Å²) in [5.74, 6) is -1.78. The van der Waals surface area contributed by atoms with Crippen molar-refractivity contribution in [2.24, 2.45) is 4.99 Å². The highest BCUT2D eigenvalue weighted by Gasteiger charge is 2.53. The summed E-state index contributed by atoms with van der Waals surface area (Å²) >= 11 is 1.20. The molecule has 2 unspecified atom stereocenters. The van der Waals surface area contributed by atoms with E-state index in [-0.39, 0.29) is 19.2 Å². The Morgan fingerprint density at radius 2 is 1.76 bits per heavy atom. The Hall–Kier alpha value is -1.46. The number of fused-ring (bicyclic) bond motifs is 1. The van der Waals surface area contributed by atoms with Crippen molar-refractivity contribution >= 4 is 42.3 Å². The van der Waals surface area contributed by atoms with Gasteiger partial charge in [-0.05, 0) is 0 Å². The molecule has 0 saturated carbocycles. The van der Waals surface area contributed by atoms with Gasteiger partial charge in [0.25, 0.3) is 0 Å². The van der Waals surface area contributed by atoms with Crippen LogP contribution >= 0.6 is 19.4 Å². The maximum atomic E-state index is 11.7. The molecule has 0 bridgehead atoms. The highest BCUT2D eigenvalue weighted by atomic mass is 32.2. The summed E-state index contributed by atoms with van der Waals surface area (Å²) in [6.07, 6.45) is -2.87. The molecular formula is C16H24NO10PS. The Morgan fingerprint density at radius 1 is 1.14 bits per heavy atom. The van der Waals surface area contributed by atoms with Gasteiger partial charge in [0.05, 0.1) is 11.2 Å². The molecule has 2 rings (SSSR count). The van der Waals surface area contributed by atoms with Crippen molar-refractivity contribution < 1.29 is 47.3 Å². The predicted molar refractivity (Wildman–Crippen MR) is 102 cm³/mol. The first-order valence-corrected chi connectivity index (χ1v) is 11.4.